The lowest BCUT2D eigenvalue weighted by molar-refractivity contribution is -0.168. The van der Waals surface area contributed by atoms with Gasteiger partial charge in [-0.05, 0) is 40.2 Å². The zero-order chi connectivity index (χ0) is 22.9. The first kappa shape index (κ1) is 25.2. The van der Waals surface area contributed by atoms with Crippen LogP contribution in [0.25, 0.3) is 0 Å². The third kappa shape index (κ3) is 6.35. The fourth-order valence-corrected chi connectivity index (χ4v) is 2.73. The molecule has 0 amide bonds. The van der Waals surface area contributed by atoms with Crippen LogP contribution in [0, 0.1) is 5.41 Å². The van der Waals surface area contributed by atoms with E-state index in [0.717, 1.165) is 0 Å². The molecule has 0 radical (unpaired) electrons. The van der Waals surface area contributed by atoms with Crippen LogP contribution in [0.5, 0.6) is 5.75 Å². The maximum absolute atomic E-state index is 13.5. The van der Waals surface area contributed by atoms with Gasteiger partial charge >= 0.3 is 11.9 Å². The summed E-state index contributed by atoms with van der Waals surface area (Å²) in [5.41, 5.74) is -3.31. The summed E-state index contributed by atoms with van der Waals surface area (Å²) >= 11 is 0. The highest BCUT2D eigenvalue weighted by atomic mass is 16.6. The van der Waals surface area contributed by atoms with Crippen molar-refractivity contribution in [3.63, 3.8) is 0 Å². The van der Waals surface area contributed by atoms with Crippen molar-refractivity contribution in [1.29, 1.82) is 0 Å². The summed E-state index contributed by atoms with van der Waals surface area (Å²) in [7, 11) is 2.66. The van der Waals surface area contributed by atoms with Gasteiger partial charge < -0.3 is 18.9 Å². The Morgan fingerprint density at radius 3 is 2.27 bits per heavy atom. The molecule has 0 aromatic carbocycles. The number of ketones is 2. The quantitative estimate of drug-likeness (QED) is 0.300. The lowest BCUT2D eigenvalue weighted by atomic mass is 9.73. The van der Waals surface area contributed by atoms with Crippen LogP contribution in [-0.4, -0.2) is 61.5 Å². The highest BCUT2D eigenvalue weighted by Gasteiger charge is 2.54. The second-order valence-electron chi connectivity index (χ2n) is 7.51. The molecule has 9 heteroatoms. The van der Waals surface area contributed by atoms with Crippen molar-refractivity contribution in [2.45, 2.75) is 46.1 Å². The number of carbonyl (C=O) groups is 4. The molecule has 1 atom stereocenters. The topological polar surface area (TPSA) is 118 Å². The predicted molar refractivity (Wildman–Crippen MR) is 106 cm³/mol. The van der Waals surface area contributed by atoms with E-state index in [1.807, 2.05) is 0 Å². The summed E-state index contributed by atoms with van der Waals surface area (Å²) in [6, 6.07) is 1.36. The molecule has 0 saturated carbocycles. The van der Waals surface area contributed by atoms with Crippen molar-refractivity contribution >= 4 is 23.5 Å². The van der Waals surface area contributed by atoms with Crippen molar-refractivity contribution in [2.75, 3.05) is 27.4 Å². The first-order valence-corrected chi connectivity index (χ1v) is 9.47. The van der Waals surface area contributed by atoms with E-state index in [9.17, 15) is 19.2 Å². The van der Waals surface area contributed by atoms with Gasteiger partial charge in [-0.2, -0.15) is 0 Å². The summed E-state index contributed by atoms with van der Waals surface area (Å²) in [5.74, 6) is -3.12. The van der Waals surface area contributed by atoms with Crippen molar-refractivity contribution in [1.82, 2.24) is 4.98 Å². The van der Waals surface area contributed by atoms with Crippen LogP contribution in [0.3, 0.4) is 0 Å². The molecule has 0 aliphatic heterocycles. The summed E-state index contributed by atoms with van der Waals surface area (Å²) in [6.45, 7) is 6.06. The number of methoxy groups -OCH3 is 2. The van der Waals surface area contributed by atoms with Gasteiger partial charge in [0.2, 0.25) is 0 Å². The van der Waals surface area contributed by atoms with Crippen LogP contribution in [0.15, 0.2) is 18.5 Å². The van der Waals surface area contributed by atoms with Crippen LogP contribution >= 0.6 is 0 Å². The zero-order valence-corrected chi connectivity index (χ0v) is 18.3. The molecule has 0 aliphatic carbocycles. The van der Waals surface area contributed by atoms with Gasteiger partial charge in [0.1, 0.15) is 18.0 Å². The van der Waals surface area contributed by atoms with E-state index in [2.05, 4.69) is 4.98 Å². The Labute approximate surface area is 176 Å². The number of ether oxygens (including phenoxy) is 4. The van der Waals surface area contributed by atoms with Gasteiger partial charge in [-0.25, -0.2) is 0 Å². The minimum absolute atomic E-state index is 0.0338. The molecule has 1 unspecified atom stereocenters. The Kier molecular flexibility index (Phi) is 9.10. The molecule has 1 rings (SSSR count). The molecule has 30 heavy (non-hydrogen) atoms. The standard InChI is InChI=1S/C21H29NO8/c1-7-29-17(24)8-9-21(16(23)13-27-5,19(26)30-20(2,3)4)18(25)14-10-15(28-6)12-22-11-14/h10-12H,7-9,13H2,1-6H3. The number of esters is 2. The van der Waals surface area contributed by atoms with Gasteiger partial charge in [-0.1, -0.05) is 0 Å². The van der Waals surface area contributed by atoms with Crippen molar-refractivity contribution in [3.8, 4) is 5.75 Å². The van der Waals surface area contributed by atoms with Crippen LogP contribution in [0.1, 0.15) is 50.9 Å². The second-order valence-corrected chi connectivity index (χ2v) is 7.51. The smallest absolute Gasteiger partial charge is 0.328 e. The molecular formula is C21H29NO8. The molecule has 0 bridgehead atoms. The number of pyridine rings is 1. The van der Waals surface area contributed by atoms with E-state index in [1.54, 1.807) is 27.7 Å². The van der Waals surface area contributed by atoms with Gasteiger partial charge in [0.15, 0.2) is 17.0 Å². The molecule has 0 saturated heterocycles. The number of nitrogens with zero attached hydrogens (tertiary/aromatic N) is 1. The lowest BCUT2D eigenvalue weighted by Crippen LogP contribution is -2.51. The van der Waals surface area contributed by atoms with Gasteiger partial charge in [0, 0.05) is 25.3 Å². The largest absolute Gasteiger partial charge is 0.495 e. The van der Waals surface area contributed by atoms with E-state index >= 15 is 0 Å². The van der Waals surface area contributed by atoms with E-state index in [-0.39, 0.29) is 24.3 Å². The number of carbonyl (C=O) groups excluding carboxylic acids is 4. The Hall–Kier alpha value is -2.81. The maximum Gasteiger partial charge on any atom is 0.328 e. The Morgan fingerprint density at radius 1 is 1.07 bits per heavy atom. The van der Waals surface area contributed by atoms with Gasteiger partial charge in [-0.15, -0.1) is 0 Å². The number of aromatic nitrogens is 1. The molecule has 9 nitrogen and oxygen atoms in total. The van der Waals surface area contributed by atoms with Crippen LogP contribution in [0.2, 0.25) is 0 Å². The van der Waals surface area contributed by atoms with Crippen molar-refractivity contribution in [3.05, 3.63) is 24.0 Å². The summed E-state index contributed by atoms with van der Waals surface area (Å²) < 4.78 is 20.3. The molecule has 0 N–H and O–H groups in total. The van der Waals surface area contributed by atoms with Crippen LogP contribution in [-0.2, 0) is 28.6 Å². The van der Waals surface area contributed by atoms with Gasteiger partial charge in [0.05, 0.1) is 19.9 Å². The van der Waals surface area contributed by atoms with E-state index in [0.29, 0.717) is 0 Å². The number of hydrogen-bond acceptors (Lipinski definition) is 9. The Balaban J connectivity index is 3.56. The van der Waals surface area contributed by atoms with E-state index in [1.165, 1.54) is 32.7 Å². The first-order valence-electron chi connectivity index (χ1n) is 9.47. The molecular weight excluding hydrogens is 394 g/mol. The molecule has 0 fully saturated rings. The monoisotopic (exact) mass is 423 g/mol. The molecule has 1 heterocycles. The van der Waals surface area contributed by atoms with Crippen molar-refractivity contribution < 1.29 is 38.1 Å². The molecule has 0 aliphatic rings. The second kappa shape index (κ2) is 10.8. The third-order valence-electron chi connectivity index (χ3n) is 4.11. The Bertz CT molecular complexity index is 783. The molecule has 166 valence electrons. The average molecular weight is 423 g/mol. The average Bonchev–Trinajstić information content (AvgIpc) is 2.67. The lowest BCUT2D eigenvalue weighted by Gasteiger charge is -2.32. The number of rotatable bonds is 11. The normalized spacial score (nSPS) is 13.1. The highest BCUT2D eigenvalue weighted by Crippen LogP contribution is 2.34. The molecule has 1 aromatic heterocycles. The minimum atomic E-state index is -2.30. The minimum Gasteiger partial charge on any atom is -0.495 e. The van der Waals surface area contributed by atoms with Gasteiger partial charge in [0.25, 0.3) is 0 Å². The summed E-state index contributed by atoms with van der Waals surface area (Å²) in [5, 5.41) is 0. The predicted octanol–water partition coefficient (Wildman–Crippen LogP) is 2.16. The highest BCUT2D eigenvalue weighted by molar-refractivity contribution is 6.27. The third-order valence-corrected chi connectivity index (χ3v) is 4.11. The van der Waals surface area contributed by atoms with E-state index in [4.69, 9.17) is 18.9 Å². The van der Waals surface area contributed by atoms with Crippen LogP contribution in [0.4, 0.5) is 0 Å². The maximum atomic E-state index is 13.5. The fourth-order valence-electron chi connectivity index (χ4n) is 2.73. The molecule has 0 spiro atoms. The zero-order valence-electron chi connectivity index (χ0n) is 18.3. The Morgan fingerprint density at radius 2 is 1.73 bits per heavy atom. The SMILES string of the molecule is CCOC(=O)CCC(C(=O)COC)(C(=O)OC(C)(C)C)C(=O)c1cncc(OC)c1. The summed E-state index contributed by atoms with van der Waals surface area (Å²) in [4.78, 5) is 55.7. The number of hydrogen-bond donors (Lipinski definition) is 0. The van der Waals surface area contributed by atoms with E-state index < -0.39 is 47.5 Å². The number of Topliss-reactive ketones (excluding diaryl/α,β-unsaturated/α-hetero) is 2. The fraction of sp³-hybridized carbons (Fsp3) is 0.571. The summed E-state index contributed by atoms with van der Waals surface area (Å²) in [6.07, 6.45) is 1.82. The van der Waals surface area contributed by atoms with Crippen LogP contribution < -0.4 is 4.74 Å². The molecule has 1 aromatic rings. The first-order chi connectivity index (χ1) is 14.0. The van der Waals surface area contributed by atoms with Crippen molar-refractivity contribution in [2.24, 2.45) is 5.41 Å². The van der Waals surface area contributed by atoms with Gasteiger partial charge in [-0.3, -0.25) is 24.2 Å².